The summed E-state index contributed by atoms with van der Waals surface area (Å²) in [4.78, 5) is 21.8. The van der Waals surface area contributed by atoms with E-state index in [9.17, 15) is 4.79 Å². The molecule has 3 rings (SSSR count). The molecule has 0 atom stereocenters. The third-order valence-electron chi connectivity index (χ3n) is 3.21. The molecular weight excluding hydrogens is 250 g/mol. The minimum atomic E-state index is -0.0489. The molecule has 4 heteroatoms. The summed E-state index contributed by atoms with van der Waals surface area (Å²) in [5, 5.41) is 0. The molecule has 100 valence electrons. The number of fused-ring (bicyclic) bond motifs is 1. The molecule has 0 aliphatic heterocycles. The number of amides is 1. The lowest BCUT2D eigenvalue weighted by atomic mass is 10.2. The number of aromatic nitrogens is 2. The lowest BCUT2D eigenvalue weighted by Gasteiger charge is -2.17. The molecule has 0 saturated heterocycles. The second-order valence-corrected chi connectivity index (χ2v) is 4.49. The second-order valence-electron chi connectivity index (χ2n) is 4.49. The quantitative estimate of drug-likeness (QED) is 0.790. The number of nitrogens with one attached hydrogen (secondary N) is 1. The first-order valence-corrected chi connectivity index (χ1v) is 6.61. The van der Waals surface area contributed by atoms with Crippen LogP contribution in [0.3, 0.4) is 0 Å². The van der Waals surface area contributed by atoms with Crippen LogP contribution in [0.2, 0.25) is 0 Å². The van der Waals surface area contributed by atoms with Crippen molar-refractivity contribution in [3.05, 3.63) is 60.2 Å². The van der Waals surface area contributed by atoms with Crippen LogP contribution in [0, 0.1) is 0 Å². The summed E-state index contributed by atoms with van der Waals surface area (Å²) in [6.45, 7) is 2.50. The van der Waals surface area contributed by atoms with Gasteiger partial charge in [-0.05, 0) is 31.2 Å². The minimum Gasteiger partial charge on any atom is -0.324 e. The summed E-state index contributed by atoms with van der Waals surface area (Å²) >= 11 is 0. The Hall–Kier alpha value is -2.62. The van der Waals surface area contributed by atoms with Crippen molar-refractivity contribution in [1.29, 1.82) is 0 Å². The fraction of sp³-hybridized carbons (Fsp3) is 0.125. The standard InChI is InChI=1S/C16H15N3O/c1-2-19(15(20)12-8-4-3-5-9-12)16-17-13-10-6-7-11-14(13)18-16/h3-11H,2H2,1H3,(H,17,18). The van der Waals surface area contributed by atoms with Crippen molar-refractivity contribution in [3.63, 3.8) is 0 Å². The second kappa shape index (κ2) is 5.17. The van der Waals surface area contributed by atoms with E-state index in [2.05, 4.69) is 9.97 Å². The third-order valence-corrected chi connectivity index (χ3v) is 3.21. The first kappa shape index (κ1) is 12.4. The molecule has 1 N–H and O–H groups in total. The van der Waals surface area contributed by atoms with Crippen molar-refractivity contribution in [2.24, 2.45) is 0 Å². The van der Waals surface area contributed by atoms with E-state index >= 15 is 0 Å². The summed E-state index contributed by atoms with van der Waals surface area (Å²) in [5.74, 6) is 0.537. The van der Waals surface area contributed by atoms with E-state index in [1.54, 1.807) is 4.90 Å². The predicted molar refractivity (Wildman–Crippen MR) is 79.9 cm³/mol. The van der Waals surface area contributed by atoms with Gasteiger partial charge in [0, 0.05) is 12.1 Å². The van der Waals surface area contributed by atoms with E-state index in [1.165, 1.54) is 0 Å². The fourth-order valence-corrected chi connectivity index (χ4v) is 2.19. The molecule has 4 nitrogen and oxygen atoms in total. The predicted octanol–water partition coefficient (Wildman–Crippen LogP) is 3.23. The maximum absolute atomic E-state index is 12.5. The molecule has 0 unspecified atom stereocenters. The maximum atomic E-state index is 12.5. The highest BCUT2D eigenvalue weighted by Gasteiger charge is 2.18. The fourth-order valence-electron chi connectivity index (χ4n) is 2.19. The number of nitrogens with zero attached hydrogens (tertiary/aromatic N) is 2. The highest BCUT2D eigenvalue weighted by atomic mass is 16.2. The van der Waals surface area contributed by atoms with Crippen LogP contribution in [0.4, 0.5) is 5.95 Å². The maximum Gasteiger partial charge on any atom is 0.260 e. The van der Waals surface area contributed by atoms with Gasteiger partial charge >= 0.3 is 0 Å². The molecule has 2 aromatic carbocycles. The average molecular weight is 265 g/mol. The van der Waals surface area contributed by atoms with Gasteiger partial charge in [-0.1, -0.05) is 30.3 Å². The number of carbonyl (C=O) groups is 1. The van der Waals surface area contributed by atoms with E-state index in [0.29, 0.717) is 18.1 Å². The smallest absolute Gasteiger partial charge is 0.260 e. The van der Waals surface area contributed by atoms with Crippen LogP contribution in [0.1, 0.15) is 17.3 Å². The van der Waals surface area contributed by atoms with Crippen LogP contribution in [0.5, 0.6) is 0 Å². The normalized spacial score (nSPS) is 10.7. The Morgan fingerprint density at radius 3 is 2.50 bits per heavy atom. The number of carbonyl (C=O) groups excluding carboxylic acids is 1. The summed E-state index contributed by atoms with van der Waals surface area (Å²) in [5.41, 5.74) is 2.46. The van der Waals surface area contributed by atoms with Gasteiger partial charge in [0.05, 0.1) is 11.0 Å². The number of benzene rings is 2. The molecule has 0 radical (unpaired) electrons. The summed E-state index contributed by atoms with van der Waals surface area (Å²) in [7, 11) is 0. The molecular formula is C16H15N3O. The molecule has 0 aliphatic carbocycles. The molecule has 1 aromatic heterocycles. The van der Waals surface area contributed by atoms with Gasteiger partial charge in [-0.15, -0.1) is 0 Å². The number of aromatic amines is 1. The van der Waals surface area contributed by atoms with E-state index in [4.69, 9.17) is 0 Å². The summed E-state index contributed by atoms with van der Waals surface area (Å²) in [6, 6.07) is 17.0. The molecule has 0 saturated carbocycles. The molecule has 0 bridgehead atoms. The summed E-state index contributed by atoms with van der Waals surface area (Å²) in [6.07, 6.45) is 0. The van der Waals surface area contributed by atoms with Crippen LogP contribution in [0.25, 0.3) is 11.0 Å². The van der Waals surface area contributed by atoms with E-state index in [-0.39, 0.29) is 5.91 Å². The number of imidazole rings is 1. The van der Waals surface area contributed by atoms with Gasteiger partial charge in [-0.25, -0.2) is 4.98 Å². The number of para-hydroxylation sites is 2. The largest absolute Gasteiger partial charge is 0.324 e. The monoisotopic (exact) mass is 265 g/mol. The summed E-state index contributed by atoms with van der Waals surface area (Å²) < 4.78 is 0. The van der Waals surface area contributed by atoms with Crippen LogP contribution in [-0.4, -0.2) is 22.4 Å². The lowest BCUT2D eigenvalue weighted by Crippen LogP contribution is -2.31. The van der Waals surface area contributed by atoms with Crippen LogP contribution in [0.15, 0.2) is 54.6 Å². The Balaban J connectivity index is 1.99. The molecule has 20 heavy (non-hydrogen) atoms. The molecule has 1 heterocycles. The van der Waals surface area contributed by atoms with Crippen molar-refractivity contribution in [3.8, 4) is 0 Å². The van der Waals surface area contributed by atoms with Crippen LogP contribution in [-0.2, 0) is 0 Å². The van der Waals surface area contributed by atoms with Crippen molar-refractivity contribution >= 4 is 22.9 Å². The topological polar surface area (TPSA) is 49.0 Å². The number of hydrogen-bond acceptors (Lipinski definition) is 2. The molecule has 3 aromatic rings. The zero-order chi connectivity index (χ0) is 13.9. The first-order chi connectivity index (χ1) is 9.79. The lowest BCUT2D eigenvalue weighted by molar-refractivity contribution is 0.0987. The Bertz CT molecular complexity index is 701. The van der Waals surface area contributed by atoms with Gasteiger partial charge in [-0.2, -0.15) is 0 Å². The average Bonchev–Trinajstić information content (AvgIpc) is 2.92. The zero-order valence-corrected chi connectivity index (χ0v) is 11.2. The van der Waals surface area contributed by atoms with Gasteiger partial charge in [0.2, 0.25) is 5.95 Å². The van der Waals surface area contributed by atoms with Gasteiger partial charge < -0.3 is 4.98 Å². The highest BCUT2D eigenvalue weighted by Crippen LogP contribution is 2.18. The molecule has 0 fully saturated rings. The Morgan fingerprint density at radius 2 is 1.80 bits per heavy atom. The van der Waals surface area contributed by atoms with Gasteiger partial charge in [0.25, 0.3) is 5.91 Å². The van der Waals surface area contributed by atoms with Crippen LogP contribution >= 0.6 is 0 Å². The molecule has 0 spiro atoms. The minimum absolute atomic E-state index is 0.0489. The Labute approximate surface area is 117 Å². The Morgan fingerprint density at radius 1 is 1.10 bits per heavy atom. The van der Waals surface area contributed by atoms with Crippen molar-refractivity contribution in [2.45, 2.75) is 6.92 Å². The third kappa shape index (κ3) is 2.16. The van der Waals surface area contributed by atoms with E-state index in [1.807, 2.05) is 61.5 Å². The number of H-pyrrole nitrogens is 1. The molecule has 0 aliphatic rings. The van der Waals surface area contributed by atoms with Crippen LogP contribution < -0.4 is 4.90 Å². The van der Waals surface area contributed by atoms with Gasteiger partial charge in [0.15, 0.2) is 0 Å². The van der Waals surface area contributed by atoms with Crippen molar-refractivity contribution < 1.29 is 4.79 Å². The zero-order valence-electron chi connectivity index (χ0n) is 11.2. The van der Waals surface area contributed by atoms with Gasteiger partial charge in [0.1, 0.15) is 0 Å². The number of hydrogen-bond donors (Lipinski definition) is 1. The van der Waals surface area contributed by atoms with E-state index in [0.717, 1.165) is 11.0 Å². The Kier molecular flexibility index (Phi) is 3.21. The number of anilines is 1. The first-order valence-electron chi connectivity index (χ1n) is 6.61. The SMILES string of the molecule is CCN(C(=O)c1ccccc1)c1nc2ccccc2[nH]1. The highest BCUT2D eigenvalue weighted by molar-refractivity contribution is 6.05. The van der Waals surface area contributed by atoms with Crippen molar-refractivity contribution in [1.82, 2.24) is 9.97 Å². The molecule has 1 amide bonds. The van der Waals surface area contributed by atoms with E-state index < -0.39 is 0 Å². The van der Waals surface area contributed by atoms with Gasteiger partial charge in [-0.3, -0.25) is 9.69 Å². The van der Waals surface area contributed by atoms with Crippen molar-refractivity contribution in [2.75, 3.05) is 11.4 Å². The number of rotatable bonds is 3.